The molecule has 0 radical (unpaired) electrons. The third-order valence-electron chi connectivity index (χ3n) is 4.06. The van der Waals surface area contributed by atoms with E-state index in [1.165, 1.54) is 0 Å². The van der Waals surface area contributed by atoms with Crippen LogP contribution in [0.1, 0.15) is 0 Å². The quantitative estimate of drug-likeness (QED) is 0.781. The molecule has 3 rings (SSSR count). The number of nitrogens with one attached hydrogen (secondary N) is 3. The van der Waals surface area contributed by atoms with Crippen LogP contribution in [0.4, 0.5) is 10.5 Å². The number of carbonyl (C=O) groups excluding carboxylic acids is 1. The number of rotatable bonds is 5. The molecule has 1 fully saturated rings. The van der Waals surface area contributed by atoms with Crippen molar-refractivity contribution in [2.24, 2.45) is 0 Å². The molecule has 25 heavy (non-hydrogen) atoms. The van der Waals surface area contributed by atoms with Gasteiger partial charge < -0.3 is 25.4 Å². The Labute approximate surface area is 147 Å². The standard InChI is InChI=1S/C19H23N3O3/c1-24-18-5-3-2-4-17(18)14-6-8-15(9-7-14)22-19(23)21-13-16-12-20-10-11-25-16/h2-9,16,20H,10-13H2,1H3,(H2,21,22,23). The fraction of sp³-hybridized carbons (Fsp3) is 0.316. The predicted octanol–water partition coefficient (Wildman–Crippen LogP) is 2.47. The van der Waals surface area contributed by atoms with Gasteiger partial charge in [-0.2, -0.15) is 0 Å². The maximum Gasteiger partial charge on any atom is 0.319 e. The Hall–Kier alpha value is -2.57. The van der Waals surface area contributed by atoms with Gasteiger partial charge in [0.05, 0.1) is 19.8 Å². The van der Waals surface area contributed by atoms with E-state index in [0.717, 1.165) is 35.7 Å². The first-order valence-corrected chi connectivity index (χ1v) is 8.37. The second kappa shape index (κ2) is 8.50. The lowest BCUT2D eigenvalue weighted by molar-refractivity contribution is 0.0310. The summed E-state index contributed by atoms with van der Waals surface area (Å²) in [4.78, 5) is 12.0. The summed E-state index contributed by atoms with van der Waals surface area (Å²) in [5.74, 6) is 0.821. The van der Waals surface area contributed by atoms with Crippen LogP contribution >= 0.6 is 0 Å². The molecule has 0 spiro atoms. The molecule has 2 aromatic rings. The van der Waals surface area contributed by atoms with Gasteiger partial charge in [0.15, 0.2) is 0 Å². The van der Waals surface area contributed by atoms with E-state index in [9.17, 15) is 4.79 Å². The normalized spacial score (nSPS) is 16.9. The average Bonchev–Trinajstić information content (AvgIpc) is 2.68. The number of amides is 2. The molecule has 1 aliphatic heterocycles. The second-order valence-corrected chi connectivity index (χ2v) is 5.81. The van der Waals surface area contributed by atoms with E-state index < -0.39 is 0 Å². The molecule has 132 valence electrons. The highest BCUT2D eigenvalue weighted by molar-refractivity contribution is 5.89. The monoisotopic (exact) mass is 341 g/mol. The number of morpholine rings is 1. The van der Waals surface area contributed by atoms with Crippen LogP contribution in [-0.2, 0) is 4.74 Å². The maximum absolute atomic E-state index is 12.0. The highest BCUT2D eigenvalue weighted by Gasteiger charge is 2.14. The van der Waals surface area contributed by atoms with Crippen LogP contribution in [0.25, 0.3) is 11.1 Å². The van der Waals surface area contributed by atoms with Gasteiger partial charge in [0.1, 0.15) is 5.75 Å². The van der Waals surface area contributed by atoms with E-state index in [4.69, 9.17) is 9.47 Å². The highest BCUT2D eigenvalue weighted by atomic mass is 16.5. The summed E-state index contributed by atoms with van der Waals surface area (Å²) in [5, 5.41) is 8.89. The predicted molar refractivity (Wildman–Crippen MR) is 98.1 cm³/mol. The Kier molecular flexibility index (Phi) is 5.87. The molecule has 6 heteroatoms. The van der Waals surface area contributed by atoms with Gasteiger partial charge in [0.2, 0.25) is 0 Å². The number of hydrogen-bond donors (Lipinski definition) is 3. The summed E-state index contributed by atoms with van der Waals surface area (Å²) in [5.41, 5.74) is 2.78. The Morgan fingerprint density at radius 1 is 1.24 bits per heavy atom. The molecule has 0 aliphatic carbocycles. The zero-order chi connectivity index (χ0) is 17.5. The number of anilines is 1. The summed E-state index contributed by atoms with van der Waals surface area (Å²) in [6.45, 7) is 2.78. The van der Waals surface area contributed by atoms with Gasteiger partial charge in [-0.3, -0.25) is 0 Å². The van der Waals surface area contributed by atoms with Crippen molar-refractivity contribution in [3.05, 3.63) is 48.5 Å². The lowest BCUT2D eigenvalue weighted by Crippen LogP contribution is -2.45. The van der Waals surface area contributed by atoms with Gasteiger partial charge >= 0.3 is 6.03 Å². The Balaban J connectivity index is 1.56. The number of para-hydroxylation sites is 1. The Morgan fingerprint density at radius 3 is 2.76 bits per heavy atom. The molecule has 1 heterocycles. The SMILES string of the molecule is COc1ccccc1-c1ccc(NC(=O)NCC2CNCCO2)cc1. The first-order chi connectivity index (χ1) is 12.3. The molecule has 0 aromatic heterocycles. The van der Waals surface area contributed by atoms with Crippen molar-refractivity contribution in [1.82, 2.24) is 10.6 Å². The molecule has 1 aliphatic rings. The minimum Gasteiger partial charge on any atom is -0.496 e. The van der Waals surface area contributed by atoms with Crippen LogP contribution in [0, 0.1) is 0 Å². The van der Waals surface area contributed by atoms with Crippen molar-refractivity contribution in [3.8, 4) is 16.9 Å². The van der Waals surface area contributed by atoms with E-state index in [2.05, 4.69) is 16.0 Å². The smallest absolute Gasteiger partial charge is 0.319 e. The third kappa shape index (κ3) is 4.71. The van der Waals surface area contributed by atoms with E-state index >= 15 is 0 Å². The van der Waals surface area contributed by atoms with Gasteiger partial charge in [-0.05, 0) is 23.8 Å². The lowest BCUT2D eigenvalue weighted by Gasteiger charge is -2.23. The Bertz CT molecular complexity index is 697. The summed E-state index contributed by atoms with van der Waals surface area (Å²) >= 11 is 0. The zero-order valence-corrected chi connectivity index (χ0v) is 14.2. The van der Waals surface area contributed by atoms with E-state index in [-0.39, 0.29) is 12.1 Å². The number of carbonyl (C=O) groups is 1. The van der Waals surface area contributed by atoms with Crippen molar-refractivity contribution < 1.29 is 14.3 Å². The molecule has 0 saturated carbocycles. The van der Waals surface area contributed by atoms with E-state index in [1.54, 1.807) is 7.11 Å². The molecule has 0 bridgehead atoms. The summed E-state index contributed by atoms with van der Waals surface area (Å²) < 4.78 is 10.9. The molecule has 1 atom stereocenters. The first-order valence-electron chi connectivity index (χ1n) is 8.37. The number of hydrogen-bond acceptors (Lipinski definition) is 4. The number of benzene rings is 2. The summed E-state index contributed by atoms with van der Waals surface area (Å²) in [6, 6.07) is 15.3. The molecule has 1 saturated heterocycles. The lowest BCUT2D eigenvalue weighted by atomic mass is 10.0. The highest BCUT2D eigenvalue weighted by Crippen LogP contribution is 2.30. The molecule has 1 unspecified atom stereocenters. The largest absolute Gasteiger partial charge is 0.496 e. The molecule has 2 amide bonds. The Morgan fingerprint density at radius 2 is 2.04 bits per heavy atom. The average molecular weight is 341 g/mol. The number of urea groups is 1. The van der Waals surface area contributed by atoms with Crippen LogP contribution in [0.3, 0.4) is 0 Å². The van der Waals surface area contributed by atoms with Crippen LogP contribution < -0.4 is 20.7 Å². The minimum atomic E-state index is -0.237. The molecule has 3 N–H and O–H groups in total. The fourth-order valence-corrected chi connectivity index (χ4v) is 2.75. The van der Waals surface area contributed by atoms with Gasteiger partial charge in [0, 0.05) is 30.9 Å². The van der Waals surface area contributed by atoms with Crippen LogP contribution in [0.2, 0.25) is 0 Å². The van der Waals surface area contributed by atoms with Crippen molar-refractivity contribution in [3.63, 3.8) is 0 Å². The first kappa shape index (κ1) is 17.3. The molecular weight excluding hydrogens is 318 g/mol. The number of ether oxygens (including phenoxy) is 2. The van der Waals surface area contributed by atoms with Crippen molar-refractivity contribution >= 4 is 11.7 Å². The van der Waals surface area contributed by atoms with Gasteiger partial charge in [-0.25, -0.2) is 4.79 Å². The molecule has 2 aromatic carbocycles. The van der Waals surface area contributed by atoms with Crippen LogP contribution in [-0.4, -0.2) is 45.5 Å². The summed E-state index contributed by atoms with van der Waals surface area (Å²) in [6.07, 6.45) is 0.0208. The third-order valence-corrected chi connectivity index (χ3v) is 4.06. The van der Waals surface area contributed by atoms with Crippen molar-refractivity contribution in [2.45, 2.75) is 6.10 Å². The molecule has 6 nitrogen and oxygen atoms in total. The topological polar surface area (TPSA) is 71.6 Å². The van der Waals surface area contributed by atoms with E-state index in [0.29, 0.717) is 13.2 Å². The second-order valence-electron chi connectivity index (χ2n) is 5.81. The van der Waals surface area contributed by atoms with Gasteiger partial charge in [-0.15, -0.1) is 0 Å². The summed E-state index contributed by atoms with van der Waals surface area (Å²) in [7, 11) is 1.66. The van der Waals surface area contributed by atoms with Crippen molar-refractivity contribution in [2.75, 3.05) is 38.7 Å². The van der Waals surface area contributed by atoms with E-state index in [1.807, 2.05) is 48.5 Å². The number of methoxy groups -OCH3 is 1. The van der Waals surface area contributed by atoms with Crippen LogP contribution in [0.5, 0.6) is 5.75 Å². The minimum absolute atomic E-state index is 0.0208. The van der Waals surface area contributed by atoms with Gasteiger partial charge in [-0.1, -0.05) is 30.3 Å². The maximum atomic E-state index is 12.0. The van der Waals surface area contributed by atoms with Crippen LogP contribution in [0.15, 0.2) is 48.5 Å². The van der Waals surface area contributed by atoms with Gasteiger partial charge in [0.25, 0.3) is 0 Å². The zero-order valence-electron chi connectivity index (χ0n) is 14.2. The van der Waals surface area contributed by atoms with Crippen molar-refractivity contribution in [1.29, 1.82) is 0 Å². The molecular formula is C19H23N3O3. The fourth-order valence-electron chi connectivity index (χ4n) is 2.75.